The molecule has 0 aliphatic rings. The van der Waals surface area contributed by atoms with Crippen molar-refractivity contribution < 1.29 is 24.0 Å². The summed E-state index contributed by atoms with van der Waals surface area (Å²) in [6.45, 7) is 2.17. The van der Waals surface area contributed by atoms with Crippen LogP contribution in [-0.2, 0) is 20.7 Å². The van der Waals surface area contributed by atoms with E-state index in [1.54, 1.807) is 0 Å². The summed E-state index contributed by atoms with van der Waals surface area (Å²) < 4.78 is 5.03. The number of thioether (sulfide) groups is 1. The molecule has 164 valence electrons. The number of nitrogens with one attached hydrogen (secondary N) is 1. The topological polar surface area (TPSA) is 142 Å². The van der Waals surface area contributed by atoms with Crippen LogP contribution in [0, 0.1) is 17.0 Å². The van der Waals surface area contributed by atoms with Gasteiger partial charge in [0.25, 0.3) is 5.69 Å². The van der Waals surface area contributed by atoms with E-state index >= 15 is 0 Å². The Hall–Kier alpha value is -3.40. The van der Waals surface area contributed by atoms with Crippen LogP contribution < -0.4 is 11.1 Å². The van der Waals surface area contributed by atoms with Crippen molar-refractivity contribution in [2.45, 2.75) is 24.7 Å². The van der Waals surface area contributed by atoms with Gasteiger partial charge in [0.1, 0.15) is 6.61 Å². The van der Waals surface area contributed by atoms with Gasteiger partial charge in [-0.15, -0.1) is 11.8 Å². The number of aryl methyl sites for hydroxylation is 2. The molecular weight excluding hydrogens is 422 g/mol. The molecule has 0 heterocycles. The monoisotopic (exact) mass is 445 g/mol. The maximum Gasteiger partial charge on any atom is 0.316 e. The third-order valence-corrected chi connectivity index (χ3v) is 5.27. The highest BCUT2D eigenvalue weighted by atomic mass is 32.2. The maximum atomic E-state index is 11.9. The van der Waals surface area contributed by atoms with E-state index in [9.17, 15) is 24.5 Å². The van der Waals surface area contributed by atoms with Crippen molar-refractivity contribution in [1.29, 1.82) is 0 Å². The molecule has 0 aliphatic heterocycles. The Labute approximate surface area is 183 Å². The minimum Gasteiger partial charge on any atom is -0.463 e. The molecule has 2 amide bonds. The van der Waals surface area contributed by atoms with Crippen molar-refractivity contribution in [3.8, 4) is 0 Å². The third-order valence-electron chi connectivity index (χ3n) is 4.23. The zero-order chi connectivity index (χ0) is 22.8. The van der Waals surface area contributed by atoms with E-state index in [0.29, 0.717) is 12.8 Å². The molecule has 9 nitrogen and oxygen atoms in total. The number of nitro benzene ring substituents is 1. The van der Waals surface area contributed by atoms with Gasteiger partial charge in [0, 0.05) is 18.1 Å². The number of hydrogen-bond acceptors (Lipinski definition) is 7. The number of nitrogens with zero attached hydrogens (tertiary/aromatic N) is 1. The lowest BCUT2D eigenvalue weighted by Crippen LogP contribution is -2.28. The zero-order valence-corrected chi connectivity index (χ0v) is 17.8. The second-order valence-corrected chi connectivity index (χ2v) is 7.67. The number of ether oxygens (including phenoxy) is 1. The Balaban J connectivity index is 1.69. The first kappa shape index (κ1) is 23.9. The molecule has 0 saturated heterocycles. The Morgan fingerprint density at radius 3 is 2.52 bits per heavy atom. The van der Waals surface area contributed by atoms with Gasteiger partial charge in [-0.2, -0.15) is 0 Å². The van der Waals surface area contributed by atoms with Crippen molar-refractivity contribution in [2.75, 3.05) is 18.9 Å². The van der Waals surface area contributed by atoms with E-state index in [1.165, 1.54) is 12.1 Å². The Bertz CT molecular complexity index is 962. The van der Waals surface area contributed by atoms with Crippen molar-refractivity contribution in [3.05, 3.63) is 69.3 Å². The molecule has 0 radical (unpaired) electrons. The number of nitrogens with two attached hydrogens (primary N) is 1. The van der Waals surface area contributed by atoms with Gasteiger partial charge in [-0.25, -0.2) is 0 Å². The number of carbonyl (C=O) groups excluding carboxylic acids is 3. The van der Waals surface area contributed by atoms with Crippen LogP contribution in [0.2, 0.25) is 0 Å². The van der Waals surface area contributed by atoms with Crippen LogP contribution >= 0.6 is 11.8 Å². The third kappa shape index (κ3) is 8.09. The summed E-state index contributed by atoms with van der Waals surface area (Å²) >= 11 is 0.919. The van der Waals surface area contributed by atoms with Gasteiger partial charge in [-0.3, -0.25) is 24.5 Å². The summed E-state index contributed by atoms with van der Waals surface area (Å²) in [4.78, 5) is 45.6. The van der Waals surface area contributed by atoms with Crippen LogP contribution in [0.1, 0.15) is 27.9 Å². The van der Waals surface area contributed by atoms with E-state index in [2.05, 4.69) is 5.32 Å². The molecule has 0 unspecified atom stereocenters. The first-order chi connectivity index (χ1) is 14.8. The molecule has 2 aromatic rings. The molecule has 0 spiro atoms. The van der Waals surface area contributed by atoms with Gasteiger partial charge >= 0.3 is 5.97 Å². The van der Waals surface area contributed by atoms with Gasteiger partial charge in [-0.05, 0) is 31.0 Å². The molecule has 0 atom stereocenters. The Kier molecular flexibility index (Phi) is 9.01. The predicted octanol–water partition coefficient (Wildman–Crippen LogP) is 2.39. The standard InChI is InChI=1S/C21H23N3O6S/c1-14-2-4-15(5-3-14)6-9-19(25)23-10-11-30-20(26)13-31-18-8-7-16(21(22)27)12-17(18)24(28)29/h2-5,7-8,12H,6,9-11,13H2,1H3,(H2,22,27)(H,23,25). The average molecular weight is 445 g/mol. The summed E-state index contributed by atoms with van der Waals surface area (Å²) in [5, 5.41) is 13.8. The first-order valence-electron chi connectivity index (χ1n) is 9.45. The highest BCUT2D eigenvalue weighted by Crippen LogP contribution is 2.30. The van der Waals surface area contributed by atoms with Crippen molar-refractivity contribution in [3.63, 3.8) is 0 Å². The van der Waals surface area contributed by atoms with Crippen LogP contribution in [0.15, 0.2) is 47.4 Å². The van der Waals surface area contributed by atoms with E-state index in [1.807, 2.05) is 31.2 Å². The number of rotatable bonds is 11. The fourth-order valence-corrected chi connectivity index (χ4v) is 3.37. The van der Waals surface area contributed by atoms with Crippen LogP contribution in [0.3, 0.4) is 0 Å². The van der Waals surface area contributed by atoms with Gasteiger partial charge in [0.2, 0.25) is 11.8 Å². The fourth-order valence-electron chi connectivity index (χ4n) is 2.57. The van der Waals surface area contributed by atoms with Crippen LogP contribution in [-0.4, -0.2) is 41.6 Å². The van der Waals surface area contributed by atoms with Crippen molar-refractivity contribution in [1.82, 2.24) is 5.32 Å². The molecule has 0 fully saturated rings. The largest absolute Gasteiger partial charge is 0.463 e. The number of hydrogen-bond donors (Lipinski definition) is 2. The number of esters is 1. The summed E-state index contributed by atoms with van der Waals surface area (Å²) in [5.74, 6) is -1.65. The number of benzene rings is 2. The maximum absolute atomic E-state index is 11.9. The second-order valence-electron chi connectivity index (χ2n) is 6.65. The predicted molar refractivity (Wildman–Crippen MR) is 116 cm³/mol. The molecule has 3 N–H and O–H groups in total. The molecule has 0 aromatic heterocycles. The summed E-state index contributed by atoms with van der Waals surface area (Å²) in [6.07, 6.45) is 0.952. The molecule has 10 heteroatoms. The van der Waals surface area contributed by atoms with Gasteiger partial charge in [-0.1, -0.05) is 29.8 Å². The van der Waals surface area contributed by atoms with E-state index in [-0.39, 0.29) is 41.0 Å². The highest BCUT2D eigenvalue weighted by molar-refractivity contribution is 8.00. The SMILES string of the molecule is Cc1ccc(CCC(=O)NCCOC(=O)CSc2ccc(C(N)=O)cc2[N+](=O)[O-])cc1. The highest BCUT2D eigenvalue weighted by Gasteiger charge is 2.18. The fraction of sp³-hybridized carbons (Fsp3) is 0.286. The Morgan fingerprint density at radius 1 is 1.16 bits per heavy atom. The molecule has 0 bridgehead atoms. The van der Waals surface area contributed by atoms with E-state index < -0.39 is 16.8 Å². The van der Waals surface area contributed by atoms with Crippen molar-refractivity contribution >= 4 is 35.2 Å². The second kappa shape index (κ2) is 11.7. The smallest absolute Gasteiger partial charge is 0.316 e. The number of primary amides is 1. The average Bonchev–Trinajstić information content (AvgIpc) is 2.74. The lowest BCUT2D eigenvalue weighted by atomic mass is 10.1. The van der Waals surface area contributed by atoms with Gasteiger partial charge in [0.05, 0.1) is 22.1 Å². The molecule has 2 aromatic carbocycles. The van der Waals surface area contributed by atoms with Crippen LogP contribution in [0.5, 0.6) is 0 Å². The number of carbonyl (C=O) groups is 3. The lowest BCUT2D eigenvalue weighted by molar-refractivity contribution is -0.387. The quantitative estimate of drug-likeness (QED) is 0.178. The summed E-state index contributed by atoms with van der Waals surface area (Å²) in [6, 6.07) is 11.7. The Morgan fingerprint density at radius 2 is 1.87 bits per heavy atom. The molecule has 0 saturated carbocycles. The molecule has 31 heavy (non-hydrogen) atoms. The summed E-state index contributed by atoms with van der Waals surface area (Å²) in [7, 11) is 0. The van der Waals surface area contributed by atoms with Crippen molar-refractivity contribution in [2.24, 2.45) is 5.73 Å². The van der Waals surface area contributed by atoms with Crippen LogP contribution in [0.25, 0.3) is 0 Å². The molecule has 0 aliphatic carbocycles. The first-order valence-corrected chi connectivity index (χ1v) is 10.4. The van der Waals surface area contributed by atoms with E-state index in [0.717, 1.165) is 29.0 Å². The van der Waals surface area contributed by atoms with Gasteiger partial charge in [0.15, 0.2) is 0 Å². The van der Waals surface area contributed by atoms with E-state index in [4.69, 9.17) is 10.5 Å². The lowest BCUT2D eigenvalue weighted by Gasteiger charge is -2.08. The minimum atomic E-state index is -0.778. The van der Waals surface area contributed by atoms with Crippen LogP contribution in [0.4, 0.5) is 5.69 Å². The summed E-state index contributed by atoms with van der Waals surface area (Å²) in [5.41, 5.74) is 7.06. The normalized spacial score (nSPS) is 10.4. The number of nitro groups is 1. The van der Waals surface area contributed by atoms with Gasteiger partial charge < -0.3 is 15.8 Å². The number of amides is 2. The molecular formula is C21H23N3O6S. The zero-order valence-electron chi connectivity index (χ0n) is 17.0. The molecule has 2 rings (SSSR count). The minimum absolute atomic E-state index is 0.00162.